The monoisotopic (exact) mass is 442 g/mol. The highest BCUT2D eigenvalue weighted by atomic mass is 16.6. The fourth-order valence-corrected chi connectivity index (χ4v) is 4.55. The number of piperidine rings is 1. The maximum absolute atomic E-state index is 13.8. The van der Waals surface area contributed by atoms with Gasteiger partial charge in [0, 0.05) is 19.6 Å². The van der Waals surface area contributed by atoms with E-state index in [1.807, 2.05) is 50.3 Å². The molecule has 0 aromatic heterocycles. The van der Waals surface area contributed by atoms with E-state index in [4.69, 9.17) is 9.47 Å². The third-order valence-electron chi connectivity index (χ3n) is 6.06. The molecule has 1 aromatic rings. The molecule has 0 spiro atoms. The van der Waals surface area contributed by atoms with Crippen LogP contribution in [0.3, 0.4) is 0 Å². The Morgan fingerprint density at radius 1 is 1.09 bits per heavy atom. The van der Waals surface area contributed by atoms with E-state index in [-0.39, 0.29) is 18.4 Å². The molecule has 1 saturated heterocycles. The van der Waals surface area contributed by atoms with Gasteiger partial charge in [0.25, 0.3) is 0 Å². The second kappa shape index (κ2) is 9.35. The van der Waals surface area contributed by atoms with Crippen molar-refractivity contribution in [2.75, 3.05) is 19.6 Å². The quantitative estimate of drug-likeness (QED) is 0.381. The zero-order valence-electron chi connectivity index (χ0n) is 19.7. The molecule has 0 unspecified atom stereocenters. The van der Waals surface area contributed by atoms with E-state index in [9.17, 15) is 14.4 Å². The van der Waals surface area contributed by atoms with Gasteiger partial charge in [0.05, 0.1) is 6.04 Å². The molecule has 0 N–H and O–H groups in total. The van der Waals surface area contributed by atoms with Gasteiger partial charge in [-0.2, -0.15) is 0 Å². The van der Waals surface area contributed by atoms with Crippen molar-refractivity contribution >= 4 is 18.0 Å². The van der Waals surface area contributed by atoms with Crippen LogP contribution in [0.4, 0.5) is 4.79 Å². The first-order valence-corrected chi connectivity index (χ1v) is 11.3. The highest BCUT2D eigenvalue weighted by Gasteiger charge is 2.62. The number of nitrogens with zero attached hydrogens (tertiary/aromatic N) is 2. The lowest BCUT2D eigenvalue weighted by Crippen LogP contribution is -2.67. The van der Waals surface area contributed by atoms with Gasteiger partial charge in [0.2, 0.25) is 5.91 Å². The maximum Gasteiger partial charge on any atom is 0.410 e. The molecule has 2 aliphatic heterocycles. The number of benzene rings is 1. The van der Waals surface area contributed by atoms with Crippen molar-refractivity contribution in [1.29, 1.82) is 0 Å². The van der Waals surface area contributed by atoms with Gasteiger partial charge in [-0.05, 0) is 52.5 Å². The third kappa shape index (κ3) is 4.66. The minimum Gasteiger partial charge on any atom is -0.459 e. The molecule has 0 radical (unpaired) electrons. The fraction of sp³-hybridized carbons (Fsp3) is 0.560. The van der Waals surface area contributed by atoms with E-state index in [0.717, 1.165) is 5.56 Å². The summed E-state index contributed by atoms with van der Waals surface area (Å²) < 4.78 is 11.3. The van der Waals surface area contributed by atoms with Gasteiger partial charge in [-0.25, -0.2) is 4.79 Å². The van der Waals surface area contributed by atoms with Crippen molar-refractivity contribution in [3.8, 4) is 0 Å². The molecular formula is C25H34N2O5. The smallest absolute Gasteiger partial charge is 0.410 e. The standard InChI is InChI=1S/C25H34N2O5/c1-6-26(7-2)21(28)25(22(29)32-24(3,4)5)15-19-13-14-20(25)27(16-19)23(30)31-17-18-11-9-8-10-12-18/h8-14,19-20H,6-7,15-17H2,1-5H3/t19-,20+,25-/m0/s1. The van der Waals surface area contributed by atoms with Crippen molar-refractivity contribution in [3.05, 3.63) is 48.0 Å². The summed E-state index contributed by atoms with van der Waals surface area (Å²) in [6.45, 7) is 10.6. The summed E-state index contributed by atoms with van der Waals surface area (Å²) in [6.07, 6.45) is 3.57. The van der Waals surface area contributed by atoms with E-state index in [1.165, 1.54) is 4.90 Å². The molecular weight excluding hydrogens is 408 g/mol. The highest BCUT2D eigenvalue weighted by molar-refractivity contribution is 6.05. The minimum absolute atomic E-state index is 0.126. The second-order valence-corrected chi connectivity index (χ2v) is 9.44. The predicted octanol–water partition coefficient (Wildman–Crippen LogP) is 3.78. The van der Waals surface area contributed by atoms with Crippen LogP contribution >= 0.6 is 0 Å². The first-order chi connectivity index (χ1) is 15.1. The number of amides is 2. The summed E-state index contributed by atoms with van der Waals surface area (Å²) in [5, 5.41) is 0. The molecule has 1 aromatic carbocycles. The summed E-state index contributed by atoms with van der Waals surface area (Å²) in [5.41, 5.74) is -1.37. The van der Waals surface area contributed by atoms with Crippen LogP contribution in [0.25, 0.3) is 0 Å². The van der Waals surface area contributed by atoms with E-state index >= 15 is 0 Å². The number of ether oxygens (including phenoxy) is 2. The molecule has 0 saturated carbocycles. The molecule has 32 heavy (non-hydrogen) atoms. The van der Waals surface area contributed by atoms with E-state index in [2.05, 4.69) is 0 Å². The lowest BCUT2D eigenvalue weighted by Gasteiger charge is -2.52. The molecule has 2 heterocycles. The summed E-state index contributed by atoms with van der Waals surface area (Å²) in [5.74, 6) is -1.00. The van der Waals surface area contributed by atoms with Crippen LogP contribution < -0.4 is 0 Å². The Morgan fingerprint density at radius 2 is 1.75 bits per heavy atom. The number of carbonyl (C=O) groups is 3. The van der Waals surface area contributed by atoms with Crippen LogP contribution in [-0.2, 0) is 25.7 Å². The predicted molar refractivity (Wildman–Crippen MR) is 121 cm³/mol. The summed E-state index contributed by atoms with van der Waals surface area (Å²) in [7, 11) is 0. The number of hydrogen-bond acceptors (Lipinski definition) is 5. The topological polar surface area (TPSA) is 76.2 Å². The van der Waals surface area contributed by atoms with Crippen LogP contribution in [0, 0.1) is 11.3 Å². The van der Waals surface area contributed by atoms with Gasteiger partial charge in [-0.15, -0.1) is 0 Å². The molecule has 2 amide bonds. The number of fused-ring (bicyclic) bond motifs is 2. The summed E-state index contributed by atoms with van der Waals surface area (Å²) in [6, 6.07) is 8.66. The number of esters is 1. The Balaban J connectivity index is 1.92. The molecule has 7 nitrogen and oxygen atoms in total. The number of hydrogen-bond donors (Lipinski definition) is 0. The average Bonchev–Trinajstić information content (AvgIpc) is 2.77. The third-order valence-corrected chi connectivity index (χ3v) is 6.06. The van der Waals surface area contributed by atoms with Crippen molar-refractivity contribution in [1.82, 2.24) is 9.80 Å². The van der Waals surface area contributed by atoms with Crippen molar-refractivity contribution in [3.63, 3.8) is 0 Å². The molecule has 7 heteroatoms. The Kier molecular flexibility index (Phi) is 6.96. The Bertz CT molecular complexity index is 872. The van der Waals surface area contributed by atoms with Crippen LogP contribution in [0.1, 0.15) is 46.6 Å². The van der Waals surface area contributed by atoms with Crippen molar-refractivity contribution in [2.45, 2.75) is 59.3 Å². The van der Waals surface area contributed by atoms with Gasteiger partial charge in [-0.3, -0.25) is 14.5 Å². The molecule has 174 valence electrons. The first kappa shape index (κ1) is 23.8. The first-order valence-electron chi connectivity index (χ1n) is 11.3. The van der Waals surface area contributed by atoms with Crippen LogP contribution in [0.15, 0.2) is 42.5 Å². The van der Waals surface area contributed by atoms with Gasteiger partial charge in [-0.1, -0.05) is 42.5 Å². The van der Waals surface area contributed by atoms with Crippen LogP contribution in [0.5, 0.6) is 0 Å². The highest BCUT2D eigenvalue weighted by Crippen LogP contribution is 2.47. The lowest BCUT2D eigenvalue weighted by molar-refractivity contribution is -0.182. The average molecular weight is 443 g/mol. The maximum atomic E-state index is 13.8. The zero-order chi connectivity index (χ0) is 23.5. The van der Waals surface area contributed by atoms with Crippen molar-refractivity contribution in [2.24, 2.45) is 11.3 Å². The second-order valence-electron chi connectivity index (χ2n) is 9.44. The Morgan fingerprint density at radius 3 is 2.31 bits per heavy atom. The van der Waals surface area contributed by atoms with Crippen LogP contribution in [0.2, 0.25) is 0 Å². The zero-order valence-corrected chi connectivity index (χ0v) is 19.7. The molecule has 2 bridgehead atoms. The molecule has 3 aliphatic rings. The lowest BCUT2D eigenvalue weighted by atomic mass is 9.64. The summed E-state index contributed by atoms with van der Waals surface area (Å²) >= 11 is 0. The molecule has 1 aliphatic carbocycles. The molecule has 1 fully saturated rings. The van der Waals surface area contributed by atoms with Crippen molar-refractivity contribution < 1.29 is 23.9 Å². The van der Waals surface area contributed by atoms with Gasteiger partial charge >= 0.3 is 12.1 Å². The van der Waals surface area contributed by atoms with E-state index in [0.29, 0.717) is 26.1 Å². The number of rotatable bonds is 6. The van der Waals surface area contributed by atoms with E-state index < -0.39 is 29.1 Å². The van der Waals surface area contributed by atoms with Gasteiger partial charge in [0.1, 0.15) is 12.2 Å². The Hall–Kier alpha value is -2.83. The molecule has 3 atom stereocenters. The SMILES string of the molecule is CCN(CC)C(=O)[C@]1(C(=O)OC(C)(C)C)C[C@@H]2C=C[C@H]1N(C(=O)OCc1ccccc1)C2. The normalized spacial score (nSPS) is 24.2. The number of carbonyl (C=O) groups excluding carboxylic acids is 3. The van der Waals surface area contributed by atoms with Gasteiger partial charge < -0.3 is 14.4 Å². The molecule has 4 rings (SSSR count). The van der Waals surface area contributed by atoms with Crippen LogP contribution in [-0.4, -0.2) is 59.0 Å². The summed E-state index contributed by atoms with van der Waals surface area (Å²) in [4.78, 5) is 43.6. The van der Waals surface area contributed by atoms with E-state index in [1.54, 1.807) is 31.7 Å². The fourth-order valence-electron chi connectivity index (χ4n) is 4.55. The Labute approximate surface area is 190 Å². The minimum atomic E-state index is -1.48. The largest absolute Gasteiger partial charge is 0.459 e. The van der Waals surface area contributed by atoms with Gasteiger partial charge in [0.15, 0.2) is 5.41 Å².